The van der Waals surface area contributed by atoms with Crippen LogP contribution in [0.4, 0.5) is 5.69 Å². The summed E-state index contributed by atoms with van der Waals surface area (Å²) in [4.78, 5) is 35.4. The van der Waals surface area contributed by atoms with Crippen molar-refractivity contribution in [1.29, 1.82) is 0 Å². The lowest BCUT2D eigenvalue weighted by molar-refractivity contribution is 0.0939. The Bertz CT molecular complexity index is 1510. The van der Waals surface area contributed by atoms with Crippen LogP contribution >= 0.6 is 11.3 Å². The molecule has 1 aliphatic heterocycles. The standard InChI is InChI=1S/C30H28N4O2S/c35-26(15-18-5-3-6-18)27-16-20-13-14-34(25-10-2-1-7-21(25)29(20)37-27)30(36)24-9-4-8-23(32-24)22-17-31-33-28(22)19-11-12-19/h1-2,4,7-10,16-19H,3,5-6,11-15H2,(H,31,33). The number of carbonyl (C=O) groups excluding carboxylic acids is 2. The lowest BCUT2D eigenvalue weighted by Gasteiger charge is -2.24. The van der Waals surface area contributed by atoms with Gasteiger partial charge in [-0.15, -0.1) is 11.3 Å². The van der Waals surface area contributed by atoms with Crippen LogP contribution in [0, 0.1) is 5.92 Å². The average Bonchev–Trinajstić information content (AvgIpc) is 3.51. The van der Waals surface area contributed by atoms with Gasteiger partial charge in [0.15, 0.2) is 5.78 Å². The molecule has 37 heavy (non-hydrogen) atoms. The Morgan fingerprint density at radius 1 is 1.03 bits per heavy atom. The van der Waals surface area contributed by atoms with Crippen LogP contribution in [0.1, 0.15) is 75.9 Å². The molecule has 2 fully saturated rings. The first-order valence-corrected chi connectivity index (χ1v) is 14.0. The lowest BCUT2D eigenvalue weighted by Crippen LogP contribution is -2.33. The zero-order chi connectivity index (χ0) is 24.9. The van der Waals surface area contributed by atoms with E-state index in [2.05, 4.69) is 22.3 Å². The van der Waals surface area contributed by atoms with E-state index in [1.54, 1.807) is 17.4 Å². The summed E-state index contributed by atoms with van der Waals surface area (Å²) in [6.45, 7) is 0.542. The average molecular weight is 509 g/mol. The van der Waals surface area contributed by atoms with Gasteiger partial charge in [-0.3, -0.25) is 14.7 Å². The van der Waals surface area contributed by atoms with E-state index < -0.39 is 0 Å². The monoisotopic (exact) mass is 508 g/mol. The number of benzene rings is 1. The van der Waals surface area contributed by atoms with Gasteiger partial charge in [0.1, 0.15) is 5.69 Å². The van der Waals surface area contributed by atoms with Gasteiger partial charge in [0, 0.05) is 40.6 Å². The van der Waals surface area contributed by atoms with Crippen molar-refractivity contribution < 1.29 is 9.59 Å². The van der Waals surface area contributed by atoms with Crippen LogP contribution in [0.3, 0.4) is 0 Å². The largest absolute Gasteiger partial charge is 0.306 e. The number of H-pyrrole nitrogens is 1. The van der Waals surface area contributed by atoms with Crippen LogP contribution < -0.4 is 4.90 Å². The van der Waals surface area contributed by atoms with E-state index >= 15 is 0 Å². The third kappa shape index (κ3) is 4.11. The fraction of sp³-hybridized carbons (Fsp3) is 0.333. The highest BCUT2D eigenvalue weighted by molar-refractivity contribution is 7.17. The molecular formula is C30H28N4O2S. The number of rotatable bonds is 6. The van der Waals surface area contributed by atoms with Crippen molar-refractivity contribution >= 4 is 28.7 Å². The fourth-order valence-corrected chi connectivity index (χ4v) is 6.72. The molecule has 0 radical (unpaired) electrons. The van der Waals surface area contributed by atoms with Crippen molar-refractivity contribution in [1.82, 2.24) is 15.2 Å². The van der Waals surface area contributed by atoms with E-state index in [1.807, 2.05) is 41.4 Å². The number of nitrogens with zero attached hydrogens (tertiary/aromatic N) is 3. The number of nitrogens with one attached hydrogen (secondary N) is 1. The minimum Gasteiger partial charge on any atom is -0.306 e. The first-order chi connectivity index (χ1) is 18.2. The molecule has 4 heterocycles. The number of fused-ring (bicyclic) bond motifs is 3. The van der Waals surface area contributed by atoms with Gasteiger partial charge in [-0.2, -0.15) is 5.10 Å². The molecule has 2 saturated carbocycles. The highest BCUT2D eigenvalue weighted by Crippen LogP contribution is 2.44. The molecule has 0 saturated heterocycles. The summed E-state index contributed by atoms with van der Waals surface area (Å²) in [7, 11) is 0. The molecule has 0 spiro atoms. The second-order valence-electron chi connectivity index (χ2n) is 10.5. The van der Waals surface area contributed by atoms with Crippen molar-refractivity contribution in [3.05, 3.63) is 76.6 Å². The number of pyridine rings is 1. The van der Waals surface area contributed by atoms with Gasteiger partial charge in [-0.25, -0.2) is 4.98 Å². The number of hydrogen-bond acceptors (Lipinski definition) is 5. The maximum absolute atomic E-state index is 13.9. The number of ketones is 1. The zero-order valence-corrected chi connectivity index (χ0v) is 21.4. The maximum atomic E-state index is 13.9. The number of carbonyl (C=O) groups is 2. The van der Waals surface area contributed by atoms with E-state index in [-0.39, 0.29) is 11.7 Å². The normalized spacial score (nSPS) is 17.0. The first-order valence-electron chi connectivity index (χ1n) is 13.2. The quantitative estimate of drug-likeness (QED) is 0.296. The number of aromatic nitrogens is 3. The summed E-state index contributed by atoms with van der Waals surface area (Å²) in [5.74, 6) is 1.22. The molecule has 186 valence electrons. The molecule has 2 aliphatic carbocycles. The molecule has 0 bridgehead atoms. The lowest BCUT2D eigenvalue weighted by atomic mass is 9.81. The van der Waals surface area contributed by atoms with Gasteiger partial charge < -0.3 is 4.90 Å². The van der Waals surface area contributed by atoms with Crippen molar-refractivity contribution in [2.45, 2.75) is 50.9 Å². The Morgan fingerprint density at radius 3 is 2.70 bits per heavy atom. The maximum Gasteiger partial charge on any atom is 0.276 e. The molecule has 0 unspecified atom stereocenters. The van der Waals surface area contributed by atoms with E-state index in [9.17, 15) is 9.59 Å². The SMILES string of the molecule is O=C(CC1CCC1)c1cc2c(s1)-c1ccccc1N(C(=O)c1cccc(-c3cn[nH]c3C3CC3)n1)CC2. The van der Waals surface area contributed by atoms with Crippen molar-refractivity contribution in [3.8, 4) is 21.7 Å². The Balaban J connectivity index is 1.20. The van der Waals surface area contributed by atoms with Crippen LogP contribution in [-0.4, -0.2) is 33.4 Å². The van der Waals surface area contributed by atoms with Crippen molar-refractivity contribution in [2.75, 3.05) is 11.4 Å². The Hall–Kier alpha value is -3.58. The highest BCUT2D eigenvalue weighted by atomic mass is 32.1. The number of anilines is 1. The Kier molecular flexibility index (Phi) is 5.54. The molecule has 1 aromatic carbocycles. The molecule has 1 N–H and O–H groups in total. The summed E-state index contributed by atoms with van der Waals surface area (Å²) in [5.41, 5.74) is 6.34. The number of Topliss-reactive ketones (excluding diaryl/α,β-unsaturated/α-hetero) is 1. The van der Waals surface area contributed by atoms with Gasteiger partial charge in [0.25, 0.3) is 5.91 Å². The van der Waals surface area contributed by atoms with Crippen LogP contribution in [-0.2, 0) is 6.42 Å². The van der Waals surface area contributed by atoms with Gasteiger partial charge >= 0.3 is 0 Å². The summed E-state index contributed by atoms with van der Waals surface area (Å²) in [5, 5.41) is 7.37. The molecule has 7 rings (SSSR count). The topological polar surface area (TPSA) is 79.0 Å². The zero-order valence-electron chi connectivity index (χ0n) is 20.6. The number of aromatic amines is 1. The highest BCUT2D eigenvalue weighted by Gasteiger charge is 2.31. The second kappa shape index (κ2) is 9.06. The molecule has 6 nitrogen and oxygen atoms in total. The first kappa shape index (κ1) is 22.6. The molecule has 0 atom stereocenters. The summed E-state index contributed by atoms with van der Waals surface area (Å²) in [6.07, 6.45) is 9.10. The molecule has 4 aromatic rings. The van der Waals surface area contributed by atoms with E-state index in [0.29, 0.717) is 36.9 Å². The van der Waals surface area contributed by atoms with Crippen LogP contribution in [0.5, 0.6) is 0 Å². The molecule has 7 heteroatoms. The van der Waals surface area contributed by atoms with Gasteiger partial charge in [0.05, 0.1) is 22.5 Å². The number of amides is 1. The smallest absolute Gasteiger partial charge is 0.276 e. The number of hydrogen-bond donors (Lipinski definition) is 1. The van der Waals surface area contributed by atoms with Crippen LogP contribution in [0.15, 0.2) is 54.7 Å². The number of para-hydroxylation sites is 1. The van der Waals surface area contributed by atoms with Gasteiger partial charge in [0.2, 0.25) is 0 Å². The molecule has 3 aromatic heterocycles. The Labute approximate surface area is 219 Å². The van der Waals surface area contributed by atoms with E-state index in [4.69, 9.17) is 4.98 Å². The number of thiophene rings is 1. The predicted octanol–water partition coefficient (Wildman–Crippen LogP) is 6.65. The predicted molar refractivity (Wildman–Crippen MR) is 145 cm³/mol. The van der Waals surface area contributed by atoms with Crippen LogP contribution in [0.25, 0.3) is 21.7 Å². The minimum absolute atomic E-state index is 0.109. The van der Waals surface area contributed by atoms with E-state index in [0.717, 1.165) is 56.4 Å². The summed E-state index contributed by atoms with van der Waals surface area (Å²) < 4.78 is 0. The van der Waals surface area contributed by atoms with Gasteiger partial charge in [-0.05, 0) is 55.0 Å². The van der Waals surface area contributed by atoms with Gasteiger partial charge in [-0.1, -0.05) is 43.5 Å². The van der Waals surface area contributed by atoms with E-state index in [1.165, 1.54) is 19.3 Å². The molecule has 1 amide bonds. The summed E-state index contributed by atoms with van der Waals surface area (Å²) >= 11 is 1.58. The minimum atomic E-state index is -0.109. The second-order valence-corrected chi connectivity index (χ2v) is 11.5. The Morgan fingerprint density at radius 2 is 1.89 bits per heavy atom. The summed E-state index contributed by atoms with van der Waals surface area (Å²) in [6, 6.07) is 15.8. The van der Waals surface area contributed by atoms with Crippen molar-refractivity contribution in [3.63, 3.8) is 0 Å². The molecular weight excluding hydrogens is 480 g/mol. The third-order valence-corrected chi connectivity index (χ3v) is 9.22. The third-order valence-electron chi connectivity index (χ3n) is 7.97. The fourth-order valence-electron chi connectivity index (χ4n) is 5.53. The van der Waals surface area contributed by atoms with Crippen LogP contribution in [0.2, 0.25) is 0 Å². The van der Waals surface area contributed by atoms with Crippen molar-refractivity contribution in [2.24, 2.45) is 5.92 Å². The molecule has 3 aliphatic rings.